The molecule has 0 aliphatic carbocycles. The van der Waals surface area contributed by atoms with E-state index in [2.05, 4.69) is 6.19 Å². The number of nitrogens with zero attached hydrogens (tertiary/aromatic N) is 2. The molecule has 0 aromatic carbocycles. The second-order valence-electron chi connectivity index (χ2n) is 2.13. The van der Waals surface area contributed by atoms with Crippen LogP contribution in [0, 0.1) is 11.5 Å². The van der Waals surface area contributed by atoms with Crippen molar-refractivity contribution in [2.24, 2.45) is 0 Å². The first-order chi connectivity index (χ1) is 4.38. The number of hydrogen-bond donors (Lipinski definition) is 0. The van der Waals surface area contributed by atoms with Crippen molar-refractivity contribution in [3.05, 3.63) is 0 Å². The van der Waals surface area contributed by atoms with Gasteiger partial charge in [-0.25, -0.2) is 0 Å². The maximum absolute atomic E-state index is 8.46. The third kappa shape index (κ3) is 1.14. The second-order valence-corrected chi connectivity index (χ2v) is 2.13. The summed E-state index contributed by atoms with van der Waals surface area (Å²) in [7, 11) is 1.64. The Kier molecular flexibility index (Phi) is 1.91. The highest BCUT2D eigenvalue weighted by molar-refractivity contribution is 4.82. The van der Waals surface area contributed by atoms with Crippen molar-refractivity contribution < 1.29 is 4.74 Å². The molecule has 0 aromatic rings. The number of ether oxygens (including phenoxy) is 1. The van der Waals surface area contributed by atoms with Crippen molar-refractivity contribution in [1.29, 1.82) is 5.26 Å². The summed E-state index contributed by atoms with van der Waals surface area (Å²) in [6, 6.07) is 0. The second kappa shape index (κ2) is 2.70. The molecular weight excluding hydrogens is 116 g/mol. The van der Waals surface area contributed by atoms with Crippen LogP contribution in [0.25, 0.3) is 0 Å². The Morgan fingerprint density at radius 3 is 3.00 bits per heavy atom. The van der Waals surface area contributed by atoms with Crippen LogP contribution in [0.3, 0.4) is 0 Å². The van der Waals surface area contributed by atoms with Crippen LogP contribution in [0.15, 0.2) is 0 Å². The molecule has 1 heterocycles. The molecule has 1 aliphatic heterocycles. The van der Waals surface area contributed by atoms with Crippen LogP contribution in [0.1, 0.15) is 12.8 Å². The standard InChI is InChI=1S/C6H10N2O/c1-9-6-3-2-4-8(6)5-7/h6H,2-4H2,1H3. The van der Waals surface area contributed by atoms with Crippen LogP contribution in [-0.2, 0) is 4.74 Å². The molecule has 1 aliphatic rings. The molecule has 1 fully saturated rings. The Morgan fingerprint density at radius 2 is 2.56 bits per heavy atom. The van der Waals surface area contributed by atoms with Gasteiger partial charge in [0.15, 0.2) is 6.19 Å². The highest BCUT2D eigenvalue weighted by Crippen LogP contribution is 2.15. The minimum Gasteiger partial charge on any atom is -0.361 e. The van der Waals surface area contributed by atoms with E-state index in [1.54, 1.807) is 12.0 Å². The Hall–Kier alpha value is -0.750. The van der Waals surface area contributed by atoms with E-state index in [1.165, 1.54) is 0 Å². The number of hydrogen-bond acceptors (Lipinski definition) is 3. The molecular formula is C6H10N2O. The lowest BCUT2D eigenvalue weighted by atomic mass is 10.4. The predicted molar refractivity (Wildman–Crippen MR) is 32.3 cm³/mol. The van der Waals surface area contributed by atoms with Crippen molar-refractivity contribution in [1.82, 2.24) is 4.90 Å². The van der Waals surface area contributed by atoms with Gasteiger partial charge in [-0.05, 0) is 12.8 Å². The molecule has 3 nitrogen and oxygen atoms in total. The van der Waals surface area contributed by atoms with Gasteiger partial charge in [-0.3, -0.25) is 4.90 Å². The SMILES string of the molecule is COC1CCCN1C#N. The average molecular weight is 126 g/mol. The number of methoxy groups -OCH3 is 1. The summed E-state index contributed by atoms with van der Waals surface area (Å²) in [5, 5.41) is 8.46. The Bertz CT molecular complexity index is 130. The summed E-state index contributed by atoms with van der Waals surface area (Å²) in [5.74, 6) is 0. The number of rotatable bonds is 1. The van der Waals surface area contributed by atoms with Gasteiger partial charge in [0.1, 0.15) is 6.23 Å². The Labute approximate surface area is 54.8 Å². The zero-order chi connectivity index (χ0) is 6.69. The van der Waals surface area contributed by atoms with E-state index >= 15 is 0 Å². The van der Waals surface area contributed by atoms with Crippen molar-refractivity contribution in [2.45, 2.75) is 19.1 Å². The van der Waals surface area contributed by atoms with Gasteiger partial charge in [-0.2, -0.15) is 5.26 Å². The molecule has 3 heteroatoms. The lowest BCUT2D eigenvalue weighted by Crippen LogP contribution is -2.25. The van der Waals surface area contributed by atoms with E-state index in [0.717, 1.165) is 19.4 Å². The average Bonchev–Trinajstić information content (AvgIpc) is 2.33. The highest BCUT2D eigenvalue weighted by atomic mass is 16.5. The summed E-state index contributed by atoms with van der Waals surface area (Å²) >= 11 is 0. The van der Waals surface area contributed by atoms with E-state index in [-0.39, 0.29) is 6.23 Å². The first-order valence-corrected chi connectivity index (χ1v) is 3.07. The smallest absolute Gasteiger partial charge is 0.181 e. The van der Waals surface area contributed by atoms with Gasteiger partial charge >= 0.3 is 0 Å². The minimum absolute atomic E-state index is 0.0509. The van der Waals surface area contributed by atoms with Gasteiger partial charge in [0.05, 0.1) is 0 Å². The lowest BCUT2D eigenvalue weighted by Gasteiger charge is -2.15. The van der Waals surface area contributed by atoms with Crippen molar-refractivity contribution in [3.63, 3.8) is 0 Å². The summed E-state index contributed by atoms with van der Waals surface area (Å²) in [6.07, 6.45) is 4.19. The maximum Gasteiger partial charge on any atom is 0.181 e. The quantitative estimate of drug-likeness (QED) is 0.481. The van der Waals surface area contributed by atoms with Crippen molar-refractivity contribution >= 4 is 0 Å². The molecule has 1 unspecified atom stereocenters. The number of nitriles is 1. The predicted octanol–water partition coefficient (Wildman–Crippen LogP) is 0.536. The van der Waals surface area contributed by atoms with Gasteiger partial charge in [-0.1, -0.05) is 0 Å². The zero-order valence-corrected chi connectivity index (χ0v) is 5.50. The third-order valence-corrected chi connectivity index (χ3v) is 1.60. The lowest BCUT2D eigenvalue weighted by molar-refractivity contribution is 0.0268. The van der Waals surface area contributed by atoms with E-state index in [9.17, 15) is 0 Å². The van der Waals surface area contributed by atoms with Crippen LogP contribution < -0.4 is 0 Å². The van der Waals surface area contributed by atoms with Gasteiger partial charge in [0, 0.05) is 13.7 Å². The summed E-state index contributed by atoms with van der Waals surface area (Å²) in [5.41, 5.74) is 0. The maximum atomic E-state index is 8.46. The van der Waals surface area contributed by atoms with Gasteiger partial charge in [0.2, 0.25) is 0 Å². The molecule has 0 amide bonds. The molecule has 0 saturated carbocycles. The molecule has 0 spiro atoms. The van der Waals surface area contributed by atoms with Crippen LogP contribution in [0.2, 0.25) is 0 Å². The topological polar surface area (TPSA) is 36.3 Å². The van der Waals surface area contributed by atoms with Crippen molar-refractivity contribution in [2.75, 3.05) is 13.7 Å². The van der Waals surface area contributed by atoms with E-state index in [1.807, 2.05) is 0 Å². The van der Waals surface area contributed by atoms with Crippen molar-refractivity contribution in [3.8, 4) is 6.19 Å². The minimum atomic E-state index is 0.0509. The van der Waals surface area contributed by atoms with E-state index in [4.69, 9.17) is 10.00 Å². The van der Waals surface area contributed by atoms with Gasteiger partial charge in [0.25, 0.3) is 0 Å². The van der Waals surface area contributed by atoms with Crippen LogP contribution in [-0.4, -0.2) is 24.8 Å². The number of likely N-dealkylation sites (tertiary alicyclic amines) is 1. The molecule has 1 rings (SSSR count). The third-order valence-electron chi connectivity index (χ3n) is 1.60. The largest absolute Gasteiger partial charge is 0.361 e. The Morgan fingerprint density at radius 1 is 1.78 bits per heavy atom. The molecule has 9 heavy (non-hydrogen) atoms. The Balaban J connectivity index is 2.44. The van der Waals surface area contributed by atoms with Gasteiger partial charge in [-0.15, -0.1) is 0 Å². The molecule has 1 atom stereocenters. The first kappa shape index (κ1) is 6.37. The van der Waals surface area contributed by atoms with Gasteiger partial charge < -0.3 is 4.74 Å². The summed E-state index contributed by atoms with van der Waals surface area (Å²) < 4.78 is 5.02. The molecule has 0 aromatic heterocycles. The van der Waals surface area contributed by atoms with Crippen LogP contribution in [0.5, 0.6) is 0 Å². The molecule has 0 bridgehead atoms. The fraction of sp³-hybridized carbons (Fsp3) is 0.833. The normalized spacial score (nSPS) is 26.2. The molecule has 0 radical (unpaired) electrons. The first-order valence-electron chi connectivity index (χ1n) is 3.07. The molecule has 50 valence electrons. The van der Waals surface area contributed by atoms with Crippen LogP contribution in [0.4, 0.5) is 0 Å². The fourth-order valence-corrected chi connectivity index (χ4v) is 1.10. The molecule has 0 N–H and O–H groups in total. The fourth-order valence-electron chi connectivity index (χ4n) is 1.10. The van der Waals surface area contributed by atoms with E-state index < -0.39 is 0 Å². The highest BCUT2D eigenvalue weighted by Gasteiger charge is 2.21. The summed E-state index contributed by atoms with van der Waals surface area (Å²) in [4.78, 5) is 1.67. The monoisotopic (exact) mass is 126 g/mol. The van der Waals surface area contributed by atoms with E-state index in [0.29, 0.717) is 0 Å². The van der Waals surface area contributed by atoms with Crippen LogP contribution >= 0.6 is 0 Å². The summed E-state index contributed by atoms with van der Waals surface area (Å²) in [6.45, 7) is 0.856. The molecule has 1 saturated heterocycles. The zero-order valence-electron chi connectivity index (χ0n) is 5.50.